The summed E-state index contributed by atoms with van der Waals surface area (Å²) >= 11 is 0. The number of hydrogen-bond donors (Lipinski definition) is 1. The fraction of sp³-hybridized carbons (Fsp3) is 0.294. The van der Waals surface area contributed by atoms with Crippen molar-refractivity contribution in [2.75, 3.05) is 20.8 Å². The smallest absolute Gasteiger partial charge is 0.290 e. The summed E-state index contributed by atoms with van der Waals surface area (Å²) in [6.07, 6.45) is 1.54. The zero-order valence-electron chi connectivity index (χ0n) is 13.3. The van der Waals surface area contributed by atoms with E-state index in [0.29, 0.717) is 17.1 Å². The van der Waals surface area contributed by atoms with Crippen LogP contribution in [-0.4, -0.2) is 42.5 Å². The first-order chi connectivity index (χ1) is 11.0. The average molecular weight is 317 g/mol. The van der Waals surface area contributed by atoms with Crippen LogP contribution >= 0.6 is 0 Å². The predicted molar refractivity (Wildman–Crippen MR) is 84.5 cm³/mol. The van der Waals surface area contributed by atoms with Gasteiger partial charge in [-0.05, 0) is 24.6 Å². The zero-order valence-corrected chi connectivity index (χ0v) is 13.3. The molecule has 1 N–H and O–H groups in total. The van der Waals surface area contributed by atoms with Crippen molar-refractivity contribution in [3.05, 3.63) is 47.7 Å². The molecule has 0 fully saturated rings. The van der Waals surface area contributed by atoms with E-state index in [9.17, 15) is 14.7 Å². The fourth-order valence-corrected chi connectivity index (χ4v) is 2.71. The Morgan fingerprint density at radius 3 is 2.52 bits per heavy atom. The summed E-state index contributed by atoms with van der Waals surface area (Å²) < 4.78 is 10.5. The highest BCUT2D eigenvalue weighted by atomic mass is 16.5. The molecule has 0 aromatic heterocycles. The molecule has 1 aliphatic heterocycles. The van der Waals surface area contributed by atoms with Crippen molar-refractivity contribution in [2.24, 2.45) is 0 Å². The first-order valence-corrected chi connectivity index (χ1v) is 7.04. The van der Waals surface area contributed by atoms with Crippen molar-refractivity contribution in [1.82, 2.24) is 4.90 Å². The fourth-order valence-electron chi connectivity index (χ4n) is 2.71. The molecule has 6 heteroatoms. The zero-order chi connectivity index (χ0) is 17.1. The Labute approximate surface area is 134 Å². The van der Waals surface area contributed by atoms with Crippen molar-refractivity contribution in [1.29, 1.82) is 0 Å². The number of benzene rings is 1. The molecule has 23 heavy (non-hydrogen) atoms. The molecule has 122 valence electrons. The van der Waals surface area contributed by atoms with Crippen LogP contribution in [0.1, 0.15) is 18.5 Å². The monoisotopic (exact) mass is 317 g/mol. The lowest BCUT2D eigenvalue weighted by Gasteiger charge is -2.26. The van der Waals surface area contributed by atoms with E-state index in [-0.39, 0.29) is 17.9 Å². The van der Waals surface area contributed by atoms with Crippen LogP contribution in [0.15, 0.2) is 42.2 Å². The third-order valence-corrected chi connectivity index (χ3v) is 3.73. The number of ketones is 1. The molecule has 1 atom stereocenters. The lowest BCUT2D eigenvalue weighted by molar-refractivity contribution is -0.128. The summed E-state index contributed by atoms with van der Waals surface area (Å²) in [5.41, 5.74) is 0.719. The second kappa shape index (κ2) is 6.56. The number of rotatable bonds is 6. The number of hydrogen-bond acceptors (Lipinski definition) is 5. The molecule has 1 aromatic carbocycles. The first-order valence-electron chi connectivity index (χ1n) is 7.04. The molecule has 0 spiro atoms. The summed E-state index contributed by atoms with van der Waals surface area (Å²) in [5.74, 6) is -0.449. The SMILES string of the molecule is C=CCN1C(=O)C(O)=C(C(C)=O)C1c1ccc(OC)c(OC)c1. The summed E-state index contributed by atoms with van der Waals surface area (Å²) in [5, 5.41) is 10.1. The molecule has 0 saturated carbocycles. The van der Waals surface area contributed by atoms with E-state index >= 15 is 0 Å². The van der Waals surface area contributed by atoms with Crippen LogP contribution in [0.4, 0.5) is 0 Å². The Bertz CT molecular complexity index is 692. The highest BCUT2D eigenvalue weighted by Gasteiger charge is 2.41. The maximum atomic E-state index is 12.2. The molecule has 2 rings (SSSR count). The van der Waals surface area contributed by atoms with Gasteiger partial charge < -0.3 is 19.5 Å². The van der Waals surface area contributed by atoms with Crippen LogP contribution in [0, 0.1) is 0 Å². The van der Waals surface area contributed by atoms with Crippen LogP contribution in [0.25, 0.3) is 0 Å². The number of amides is 1. The van der Waals surface area contributed by atoms with Gasteiger partial charge in [0.2, 0.25) is 0 Å². The Morgan fingerprint density at radius 2 is 2.00 bits per heavy atom. The van der Waals surface area contributed by atoms with Gasteiger partial charge in [-0.2, -0.15) is 0 Å². The topological polar surface area (TPSA) is 76.1 Å². The molecule has 0 radical (unpaired) electrons. The average Bonchev–Trinajstić information content (AvgIpc) is 2.79. The molecule has 0 aliphatic carbocycles. The van der Waals surface area contributed by atoms with Crippen LogP contribution in [0.5, 0.6) is 11.5 Å². The van der Waals surface area contributed by atoms with E-state index in [0.717, 1.165) is 0 Å². The minimum atomic E-state index is -0.683. The van der Waals surface area contributed by atoms with E-state index in [1.54, 1.807) is 24.3 Å². The number of aliphatic hydroxyl groups is 1. The normalized spacial score (nSPS) is 17.4. The van der Waals surface area contributed by atoms with Crippen molar-refractivity contribution in [2.45, 2.75) is 13.0 Å². The van der Waals surface area contributed by atoms with E-state index < -0.39 is 17.7 Å². The standard InChI is InChI=1S/C17H19NO5/c1-5-8-18-15(14(10(2)19)16(20)17(18)21)11-6-7-12(22-3)13(9-11)23-4/h5-7,9,15,20H,1,8H2,2-4H3. The first kappa shape index (κ1) is 16.6. The Morgan fingerprint density at radius 1 is 1.35 bits per heavy atom. The number of carbonyl (C=O) groups excluding carboxylic acids is 2. The van der Waals surface area contributed by atoms with Crippen molar-refractivity contribution >= 4 is 11.7 Å². The van der Waals surface area contributed by atoms with Crippen molar-refractivity contribution in [3.63, 3.8) is 0 Å². The lowest BCUT2D eigenvalue weighted by atomic mass is 9.96. The third-order valence-electron chi connectivity index (χ3n) is 3.73. The van der Waals surface area contributed by atoms with E-state index in [4.69, 9.17) is 9.47 Å². The van der Waals surface area contributed by atoms with Gasteiger partial charge >= 0.3 is 0 Å². The maximum Gasteiger partial charge on any atom is 0.290 e. The van der Waals surface area contributed by atoms with Crippen LogP contribution in [0.3, 0.4) is 0 Å². The van der Waals surface area contributed by atoms with Gasteiger partial charge in [0.25, 0.3) is 5.91 Å². The summed E-state index contributed by atoms with van der Waals surface area (Å²) in [7, 11) is 3.02. The highest BCUT2D eigenvalue weighted by molar-refractivity contribution is 6.08. The van der Waals surface area contributed by atoms with Gasteiger partial charge in [-0.25, -0.2) is 0 Å². The molecule has 1 unspecified atom stereocenters. The van der Waals surface area contributed by atoms with Crippen molar-refractivity contribution < 1.29 is 24.2 Å². The van der Waals surface area contributed by atoms with Crippen molar-refractivity contribution in [3.8, 4) is 11.5 Å². The van der Waals surface area contributed by atoms with Gasteiger partial charge in [0.05, 0.1) is 25.8 Å². The number of Topliss-reactive ketones (excluding diaryl/α,β-unsaturated/α-hetero) is 1. The number of carbonyl (C=O) groups is 2. The molecular formula is C17H19NO5. The van der Waals surface area contributed by atoms with Gasteiger partial charge in [-0.1, -0.05) is 12.1 Å². The molecule has 6 nitrogen and oxygen atoms in total. The number of nitrogens with zero attached hydrogens (tertiary/aromatic N) is 1. The Hall–Kier alpha value is -2.76. The van der Waals surface area contributed by atoms with Gasteiger partial charge in [-0.15, -0.1) is 6.58 Å². The van der Waals surface area contributed by atoms with E-state index in [2.05, 4.69) is 6.58 Å². The summed E-state index contributed by atoms with van der Waals surface area (Å²) in [4.78, 5) is 25.6. The summed E-state index contributed by atoms with van der Waals surface area (Å²) in [6, 6.07) is 4.43. The Kier molecular flexibility index (Phi) is 4.74. The van der Waals surface area contributed by atoms with Crippen LogP contribution in [0.2, 0.25) is 0 Å². The minimum absolute atomic E-state index is 0.0732. The number of aliphatic hydroxyl groups excluding tert-OH is 1. The predicted octanol–water partition coefficient (Wildman–Crippen LogP) is 2.17. The van der Waals surface area contributed by atoms with Gasteiger partial charge in [0, 0.05) is 6.54 Å². The molecule has 1 heterocycles. The molecule has 0 saturated heterocycles. The van der Waals surface area contributed by atoms with E-state index in [1.165, 1.54) is 26.0 Å². The molecular weight excluding hydrogens is 298 g/mol. The molecule has 1 amide bonds. The quantitative estimate of drug-likeness (QED) is 0.814. The number of ether oxygens (including phenoxy) is 2. The molecule has 1 aliphatic rings. The third kappa shape index (κ3) is 2.79. The van der Waals surface area contributed by atoms with E-state index in [1.807, 2.05) is 0 Å². The van der Waals surface area contributed by atoms with Gasteiger partial charge in [0.15, 0.2) is 23.0 Å². The maximum absolute atomic E-state index is 12.2. The van der Waals surface area contributed by atoms with Gasteiger partial charge in [-0.3, -0.25) is 9.59 Å². The Balaban J connectivity index is 2.58. The molecule has 1 aromatic rings. The van der Waals surface area contributed by atoms with Gasteiger partial charge in [0.1, 0.15) is 0 Å². The highest BCUT2D eigenvalue weighted by Crippen LogP contribution is 2.40. The second-order valence-electron chi connectivity index (χ2n) is 5.08. The molecule has 0 bridgehead atoms. The minimum Gasteiger partial charge on any atom is -0.503 e. The summed E-state index contributed by atoms with van der Waals surface area (Å²) in [6.45, 7) is 5.15. The lowest BCUT2D eigenvalue weighted by Crippen LogP contribution is -2.31. The second-order valence-corrected chi connectivity index (χ2v) is 5.08. The van der Waals surface area contributed by atoms with Crippen LogP contribution in [-0.2, 0) is 9.59 Å². The number of methoxy groups -OCH3 is 2. The van der Waals surface area contributed by atoms with Crippen LogP contribution < -0.4 is 9.47 Å². The largest absolute Gasteiger partial charge is 0.503 e.